The Morgan fingerprint density at radius 1 is 0.871 bits per heavy atom. The van der Waals surface area contributed by atoms with Crippen molar-refractivity contribution in [1.29, 1.82) is 0 Å². The van der Waals surface area contributed by atoms with Crippen molar-refractivity contribution < 1.29 is 13.1 Å². The van der Waals surface area contributed by atoms with Crippen LogP contribution >= 0.6 is 36.3 Å². The van der Waals surface area contributed by atoms with Crippen LogP contribution in [0.2, 0.25) is 13.1 Å². The molecule has 5 rings (SSSR count). The molecule has 0 saturated carbocycles. The van der Waals surface area contributed by atoms with Gasteiger partial charge in [-0.15, -0.1) is 0 Å². The first-order valence-corrected chi connectivity index (χ1v) is 35.5. The number of rotatable bonds is 2. The molecule has 31 heavy (non-hydrogen) atoms. The Bertz CT molecular complexity index is 1210. The Labute approximate surface area is 213 Å². The fourth-order valence-electron chi connectivity index (χ4n) is 5.69. The van der Waals surface area contributed by atoms with Gasteiger partial charge in [0, 0.05) is 0 Å². The van der Waals surface area contributed by atoms with E-state index < -0.39 is 21.5 Å². The summed E-state index contributed by atoms with van der Waals surface area (Å²) in [5, 5.41) is 1.66. The standard InChI is InChI=1S/C27H25Si.Hf.2HI/c1-17-16-19-10-9-15-24(28(3)4)18(2)26(19)25(17)27-22-13-7-5-11-20(22)21-12-6-8-14-23(21)27;;;/h5-15,18,27H,1-4H3;;2*1H/q;+2;;/p-2. The molecule has 3 aliphatic carbocycles. The van der Waals surface area contributed by atoms with Gasteiger partial charge in [0.2, 0.25) is 0 Å². The predicted molar refractivity (Wildman–Crippen MR) is 150 cm³/mol. The predicted octanol–water partition coefficient (Wildman–Crippen LogP) is 8.34. The van der Waals surface area contributed by atoms with Crippen molar-refractivity contribution in [3.63, 3.8) is 0 Å². The molecule has 0 heterocycles. The van der Waals surface area contributed by atoms with Crippen molar-refractivity contribution in [2.45, 2.75) is 32.9 Å². The molecule has 2 aromatic rings. The number of allylic oxidation sites excluding steroid dienone is 8. The molecule has 2 aromatic carbocycles. The van der Waals surface area contributed by atoms with E-state index in [0.29, 0.717) is 11.8 Å². The van der Waals surface area contributed by atoms with Gasteiger partial charge in [0.15, 0.2) is 0 Å². The molecule has 0 N–H and O–H groups in total. The van der Waals surface area contributed by atoms with Crippen LogP contribution < -0.4 is 0 Å². The number of halogens is 2. The minimum absolute atomic E-state index is 0.354. The van der Waals surface area contributed by atoms with E-state index in [1.807, 2.05) is 0 Å². The Kier molecular flexibility index (Phi) is 6.47. The van der Waals surface area contributed by atoms with E-state index in [9.17, 15) is 0 Å². The average molecular weight is 810 g/mol. The van der Waals surface area contributed by atoms with Gasteiger partial charge in [-0.1, -0.05) is 0 Å². The van der Waals surface area contributed by atoms with Crippen LogP contribution in [0.1, 0.15) is 30.9 Å². The molecule has 0 amide bonds. The molecule has 0 aliphatic heterocycles. The van der Waals surface area contributed by atoms with E-state index in [1.165, 1.54) is 22.3 Å². The Morgan fingerprint density at radius 2 is 1.45 bits per heavy atom. The number of fused-ring (bicyclic) bond motifs is 4. The fraction of sp³-hybridized carbons (Fsp3) is 0.222. The fourth-order valence-corrected chi connectivity index (χ4v) is 21.5. The second-order valence-electron chi connectivity index (χ2n) is 8.81. The van der Waals surface area contributed by atoms with Crippen LogP contribution in [0.5, 0.6) is 0 Å². The van der Waals surface area contributed by atoms with Crippen LogP contribution in [0.3, 0.4) is 0 Å². The van der Waals surface area contributed by atoms with Gasteiger partial charge in [-0.3, -0.25) is 0 Å². The van der Waals surface area contributed by atoms with Gasteiger partial charge in [0.05, 0.1) is 0 Å². The molecule has 3 aliphatic rings. The maximum atomic E-state index is 2.81. The van der Waals surface area contributed by atoms with Gasteiger partial charge in [0.25, 0.3) is 0 Å². The van der Waals surface area contributed by atoms with Gasteiger partial charge in [0.1, 0.15) is 0 Å². The molecule has 155 valence electrons. The van der Waals surface area contributed by atoms with Crippen molar-refractivity contribution >= 4 is 49.9 Å². The Hall–Kier alpha value is -0.183. The summed E-state index contributed by atoms with van der Waals surface area (Å²) in [7, 11) is -0.508. The first-order chi connectivity index (χ1) is 14.9. The molecule has 0 spiro atoms. The van der Waals surface area contributed by atoms with Crippen molar-refractivity contribution in [1.82, 2.24) is 0 Å². The van der Waals surface area contributed by atoms with Crippen molar-refractivity contribution in [3.8, 4) is 11.1 Å². The monoisotopic (exact) mass is 811 g/mol. The molecule has 0 radical (unpaired) electrons. The van der Waals surface area contributed by atoms with E-state index in [2.05, 4.69) is 130 Å². The van der Waals surface area contributed by atoms with E-state index in [0.717, 1.165) is 0 Å². The van der Waals surface area contributed by atoms with Crippen LogP contribution in [-0.2, 0) is 13.1 Å². The molecule has 0 bridgehead atoms. The molecule has 1 atom stereocenters. The van der Waals surface area contributed by atoms with Crippen molar-refractivity contribution in [2.75, 3.05) is 0 Å². The number of hydrogen-bond donors (Lipinski definition) is 0. The number of hydrogen-bond acceptors (Lipinski definition) is 0. The Balaban J connectivity index is 1.85. The van der Waals surface area contributed by atoms with Gasteiger partial charge >= 0.3 is 216 Å². The first kappa shape index (κ1) is 22.6. The van der Waals surface area contributed by atoms with Crippen molar-refractivity contribution in [3.05, 3.63) is 104 Å². The Morgan fingerprint density at radius 3 is 2.00 bits per heavy atom. The van der Waals surface area contributed by atoms with Gasteiger partial charge < -0.3 is 0 Å². The molecule has 0 fully saturated rings. The summed E-state index contributed by atoms with van der Waals surface area (Å²) in [4.78, 5) is 0. The van der Waals surface area contributed by atoms with Crippen LogP contribution in [0.25, 0.3) is 11.1 Å². The third-order valence-electron chi connectivity index (χ3n) is 6.96. The van der Waals surface area contributed by atoms with Gasteiger partial charge in [-0.25, -0.2) is 0 Å². The number of benzene rings is 2. The second-order valence-corrected chi connectivity index (χ2v) is 49.6. The summed E-state index contributed by atoms with van der Waals surface area (Å²) in [6, 6.07) is 18.2. The summed E-state index contributed by atoms with van der Waals surface area (Å²) in [6.45, 7) is 9.79. The van der Waals surface area contributed by atoms with E-state index in [1.54, 1.807) is 30.8 Å². The summed E-state index contributed by atoms with van der Waals surface area (Å²) in [5.41, 5.74) is 12.2. The summed E-state index contributed by atoms with van der Waals surface area (Å²) in [6.07, 6.45) is 7.23. The van der Waals surface area contributed by atoms with Crippen LogP contribution in [-0.4, -0.2) is 13.6 Å². The molecule has 0 saturated heterocycles. The SMILES string of the molecule is CC1=[C]([Hf]([I])[I])C2=CC=CC(=[Si](C)C)C(C)C2=C1C1c2ccccc2-c2ccccc21. The van der Waals surface area contributed by atoms with Crippen LogP contribution in [0.4, 0.5) is 0 Å². The summed E-state index contributed by atoms with van der Waals surface area (Å²) >= 11 is 3.77. The van der Waals surface area contributed by atoms with E-state index in [4.69, 9.17) is 0 Å². The normalized spacial score (nSPS) is 19.9. The molecule has 0 aromatic heterocycles. The summed E-state index contributed by atoms with van der Waals surface area (Å²) < 4.78 is 1.73. The maximum absolute atomic E-state index is 2.81. The molecule has 4 heteroatoms. The van der Waals surface area contributed by atoms with E-state index >= 15 is 0 Å². The quantitative estimate of drug-likeness (QED) is 0.212. The van der Waals surface area contributed by atoms with Gasteiger partial charge in [-0.2, -0.15) is 0 Å². The molecular formula is C27H25HfI2Si. The topological polar surface area (TPSA) is 0 Å². The minimum atomic E-state index is -1.85. The zero-order valence-corrected chi connectivity index (χ0v) is 27.2. The van der Waals surface area contributed by atoms with Crippen LogP contribution in [0, 0.1) is 5.92 Å². The molecule has 1 unspecified atom stereocenters. The molecular weight excluding hydrogens is 785 g/mol. The van der Waals surface area contributed by atoms with Gasteiger partial charge in [-0.05, 0) is 0 Å². The average Bonchev–Trinajstić information content (AvgIpc) is 3.15. The third kappa shape index (κ3) is 3.62. The summed E-state index contributed by atoms with van der Waals surface area (Å²) in [5.74, 6) is 0.849. The van der Waals surface area contributed by atoms with E-state index in [-0.39, 0.29) is 0 Å². The zero-order chi connectivity index (χ0) is 21.9. The third-order valence-corrected chi connectivity index (χ3v) is 21.2. The zero-order valence-electron chi connectivity index (χ0n) is 18.3. The van der Waals surface area contributed by atoms with Crippen molar-refractivity contribution in [2.24, 2.45) is 5.92 Å². The second kappa shape index (κ2) is 8.88. The first-order valence-electron chi connectivity index (χ1n) is 10.8. The van der Waals surface area contributed by atoms with Crippen LogP contribution in [0.15, 0.2) is 92.4 Å². The molecule has 0 nitrogen and oxygen atoms in total.